The van der Waals surface area contributed by atoms with Crippen LogP contribution in [0.4, 0.5) is 17.1 Å². The lowest BCUT2D eigenvalue weighted by molar-refractivity contribution is 0.102. The summed E-state index contributed by atoms with van der Waals surface area (Å²) in [5, 5.41) is 6.64. The summed E-state index contributed by atoms with van der Waals surface area (Å²) in [4.78, 5) is 16.7. The minimum Gasteiger partial charge on any atom is -0.495 e. The van der Waals surface area contributed by atoms with E-state index >= 15 is 0 Å². The van der Waals surface area contributed by atoms with Gasteiger partial charge in [0.25, 0.3) is 5.91 Å². The number of pyridine rings is 1. The molecule has 3 aromatic rings. The number of hydrogen-bond donors (Lipinski definition) is 2. The Morgan fingerprint density at radius 2 is 1.88 bits per heavy atom. The van der Waals surface area contributed by atoms with Gasteiger partial charge < -0.3 is 15.4 Å². The molecule has 2 N–H and O–H groups in total. The molecule has 0 bridgehead atoms. The van der Waals surface area contributed by atoms with Crippen LogP contribution in [0.15, 0.2) is 60.9 Å². The number of amides is 1. The second-order valence-corrected chi connectivity index (χ2v) is 6.14. The first-order valence-electron chi connectivity index (χ1n) is 7.99. The molecule has 26 heavy (non-hydrogen) atoms. The number of carbonyl (C=O) groups is 1. The van der Waals surface area contributed by atoms with Crippen LogP contribution in [-0.4, -0.2) is 18.0 Å². The summed E-state index contributed by atoms with van der Waals surface area (Å²) in [5.74, 6) is 0.448. The number of benzene rings is 2. The topological polar surface area (TPSA) is 63.2 Å². The van der Waals surface area contributed by atoms with Crippen molar-refractivity contribution in [3.8, 4) is 5.75 Å². The van der Waals surface area contributed by atoms with Crippen LogP contribution in [0.25, 0.3) is 0 Å². The fourth-order valence-corrected chi connectivity index (χ4v) is 2.63. The Kier molecular flexibility index (Phi) is 5.39. The Bertz CT molecular complexity index is 944. The molecule has 0 unspecified atom stereocenters. The molecule has 0 aliphatic rings. The SMILES string of the molecule is COc1ccccc1Nc1cncc(C(=O)Nc2cc(Cl)ccc2C)c1. The van der Waals surface area contributed by atoms with Crippen LogP contribution in [0, 0.1) is 6.92 Å². The van der Waals surface area contributed by atoms with Crippen LogP contribution in [-0.2, 0) is 0 Å². The van der Waals surface area contributed by atoms with Crippen molar-refractivity contribution in [1.82, 2.24) is 4.98 Å². The van der Waals surface area contributed by atoms with Gasteiger partial charge in [-0.25, -0.2) is 0 Å². The summed E-state index contributed by atoms with van der Waals surface area (Å²) in [6.07, 6.45) is 3.16. The lowest BCUT2D eigenvalue weighted by Crippen LogP contribution is -2.13. The van der Waals surface area contributed by atoms with Gasteiger partial charge in [-0.05, 0) is 42.8 Å². The zero-order valence-corrected chi connectivity index (χ0v) is 15.2. The third-order valence-corrected chi connectivity index (χ3v) is 4.07. The van der Waals surface area contributed by atoms with Gasteiger partial charge in [0.05, 0.1) is 30.2 Å². The first kappa shape index (κ1) is 17.8. The van der Waals surface area contributed by atoms with E-state index in [1.54, 1.807) is 31.5 Å². The van der Waals surface area contributed by atoms with E-state index in [1.165, 1.54) is 6.20 Å². The summed E-state index contributed by atoms with van der Waals surface area (Å²) >= 11 is 6.00. The summed E-state index contributed by atoms with van der Waals surface area (Å²) in [5.41, 5.74) is 3.51. The Morgan fingerprint density at radius 3 is 2.69 bits per heavy atom. The molecule has 2 aromatic carbocycles. The lowest BCUT2D eigenvalue weighted by Gasteiger charge is -2.12. The van der Waals surface area contributed by atoms with Gasteiger partial charge in [0.1, 0.15) is 5.75 Å². The minimum atomic E-state index is -0.258. The summed E-state index contributed by atoms with van der Waals surface area (Å²) in [6.45, 7) is 1.91. The van der Waals surface area contributed by atoms with E-state index in [0.29, 0.717) is 27.7 Å². The van der Waals surface area contributed by atoms with Gasteiger partial charge in [0.2, 0.25) is 0 Å². The maximum Gasteiger partial charge on any atom is 0.257 e. The number of nitrogens with one attached hydrogen (secondary N) is 2. The normalized spacial score (nSPS) is 10.3. The fourth-order valence-electron chi connectivity index (χ4n) is 2.46. The van der Waals surface area contributed by atoms with Crippen molar-refractivity contribution in [2.24, 2.45) is 0 Å². The van der Waals surface area contributed by atoms with Gasteiger partial charge in [0.15, 0.2) is 0 Å². The monoisotopic (exact) mass is 367 g/mol. The van der Waals surface area contributed by atoms with E-state index in [4.69, 9.17) is 16.3 Å². The summed E-state index contributed by atoms with van der Waals surface area (Å²) in [6, 6.07) is 14.6. The van der Waals surface area contributed by atoms with Crippen LogP contribution in [0.3, 0.4) is 0 Å². The second kappa shape index (κ2) is 7.89. The van der Waals surface area contributed by atoms with E-state index in [2.05, 4.69) is 15.6 Å². The number of methoxy groups -OCH3 is 1. The maximum atomic E-state index is 12.6. The molecule has 1 heterocycles. The van der Waals surface area contributed by atoms with Crippen molar-refractivity contribution in [2.45, 2.75) is 6.92 Å². The molecule has 0 saturated carbocycles. The summed E-state index contributed by atoms with van der Waals surface area (Å²) < 4.78 is 5.32. The Hall–Kier alpha value is -3.05. The Balaban J connectivity index is 1.80. The largest absolute Gasteiger partial charge is 0.495 e. The van der Waals surface area contributed by atoms with Gasteiger partial charge in [-0.3, -0.25) is 9.78 Å². The molecule has 0 aliphatic carbocycles. The highest BCUT2D eigenvalue weighted by atomic mass is 35.5. The van der Waals surface area contributed by atoms with Crippen molar-refractivity contribution >= 4 is 34.6 Å². The quantitative estimate of drug-likeness (QED) is 0.662. The Morgan fingerprint density at radius 1 is 1.08 bits per heavy atom. The van der Waals surface area contributed by atoms with Crippen LogP contribution < -0.4 is 15.4 Å². The second-order valence-electron chi connectivity index (χ2n) is 5.70. The third-order valence-electron chi connectivity index (χ3n) is 3.83. The van der Waals surface area contributed by atoms with Crippen LogP contribution in [0.1, 0.15) is 15.9 Å². The van der Waals surface area contributed by atoms with Gasteiger partial charge in [-0.2, -0.15) is 0 Å². The standard InChI is InChI=1S/C20H18ClN3O2/c1-13-7-8-15(21)10-18(13)24-20(25)14-9-16(12-22-11-14)23-17-5-3-4-6-19(17)26-2/h3-12,23H,1-2H3,(H,24,25). The predicted octanol–water partition coefficient (Wildman–Crippen LogP) is 5.05. The van der Waals surface area contributed by atoms with Crippen molar-refractivity contribution in [1.29, 1.82) is 0 Å². The van der Waals surface area contributed by atoms with Crippen LogP contribution in [0.2, 0.25) is 5.02 Å². The molecule has 0 radical (unpaired) electrons. The fraction of sp³-hybridized carbons (Fsp3) is 0.100. The number of aromatic nitrogens is 1. The summed E-state index contributed by atoms with van der Waals surface area (Å²) in [7, 11) is 1.61. The number of anilines is 3. The molecule has 6 heteroatoms. The number of carbonyl (C=O) groups excluding carboxylic acids is 1. The predicted molar refractivity (Wildman–Crippen MR) is 105 cm³/mol. The van der Waals surface area contributed by atoms with Gasteiger partial charge >= 0.3 is 0 Å². The van der Waals surface area contributed by atoms with E-state index < -0.39 is 0 Å². The molecular formula is C20H18ClN3O2. The zero-order valence-electron chi connectivity index (χ0n) is 14.4. The highest BCUT2D eigenvalue weighted by molar-refractivity contribution is 6.31. The first-order chi connectivity index (χ1) is 12.6. The molecule has 1 amide bonds. The molecular weight excluding hydrogens is 350 g/mol. The highest BCUT2D eigenvalue weighted by Crippen LogP contribution is 2.27. The van der Waals surface area contributed by atoms with Crippen LogP contribution in [0.5, 0.6) is 5.75 Å². The molecule has 0 spiro atoms. The van der Waals surface area contributed by atoms with Crippen molar-refractivity contribution < 1.29 is 9.53 Å². The minimum absolute atomic E-state index is 0.258. The van der Waals surface area contributed by atoms with E-state index in [1.807, 2.05) is 37.3 Å². The number of nitrogens with zero attached hydrogens (tertiary/aromatic N) is 1. The van der Waals surface area contributed by atoms with Gasteiger partial charge in [-0.15, -0.1) is 0 Å². The average molecular weight is 368 g/mol. The average Bonchev–Trinajstić information content (AvgIpc) is 2.65. The Labute approximate surface area is 157 Å². The van der Waals surface area contributed by atoms with E-state index in [0.717, 1.165) is 11.3 Å². The number of halogens is 1. The van der Waals surface area contributed by atoms with Crippen LogP contribution >= 0.6 is 11.6 Å². The molecule has 132 valence electrons. The maximum absolute atomic E-state index is 12.6. The van der Waals surface area contributed by atoms with E-state index in [-0.39, 0.29) is 5.91 Å². The van der Waals surface area contributed by atoms with Gasteiger partial charge in [-0.1, -0.05) is 29.8 Å². The smallest absolute Gasteiger partial charge is 0.257 e. The molecule has 0 atom stereocenters. The number of aryl methyl sites for hydroxylation is 1. The first-order valence-corrected chi connectivity index (χ1v) is 8.37. The third kappa shape index (κ3) is 4.13. The zero-order chi connectivity index (χ0) is 18.5. The highest BCUT2D eigenvalue weighted by Gasteiger charge is 2.10. The van der Waals surface area contributed by atoms with Crippen molar-refractivity contribution in [3.05, 3.63) is 77.1 Å². The molecule has 0 saturated heterocycles. The lowest BCUT2D eigenvalue weighted by atomic mass is 10.2. The van der Waals surface area contributed by atoms with Crippen molar-refractivity contribution in [3.63, 3.8) is 0 Å². The molecule has 3 rings (SSSR count). The number of hydrogen-bond acceptors (Lipinski definition) is 4. The molecule has 5 nitrogen and oxygen atoms in total. The number of ether oxygens (including phenoxy) is 1. The molecule has 0 aliphatic heterocycles. The number of para-hydroxylation sites is 2. The number of rotatable bonds is 5. The molecule has 1 aromatic heterocycles. The van der Waals surface area contributed by atoms with E-state index in [9.17, 15) is 4.79 Å². The van der Waals surface area contributed by atoms with Gasteiger partial charge in [0, 0.05) is 16.9 Å². The molecule has 0 fully saturated rings. The van der Waals surface area contributed by atoms with Crippen molar-refractivity contribution in [2.75, 3.05) is 17.7 Å².